The van der Waals surface area contributed by atoms with Crippen LogP contribution in [0.1, 0.15) is 22.2 Å². The van der Waals surface area contributed by atoms with E-state index in [-0.39, 0.29) is 1.43 Å². The van der Waals surface area contributed by atoms with Crippen LogP contribution in [-0.2, 0) is 0 Å². The highest BCUT2D eigenvalue weighted by atomic mass is 32.2. The third-order valence-electron chi connectivity index (χ3n) is 0.948. The Hall–Kier alpha value is 0.270. The fraction of sp³-hybridized carbons (Fsp3) is 1.00. The zero-order valence-corrected chi connectivity index (χ0v) is 8.84. The van der Waals surface area contributed by atoms with Crippen LogP contribution >= 0.6 is 11.8 Å². The van der Waals surface area contributed by atoms with Gasteiger partial charge < -0.3 is 11.1 Å². The van der Waals surface area contributed by atoms with Crippen molar-refractivity contribution in [3.05, 3.63) is 0 Å². The maximum atomic E-state index is 5.27. The van der Waals surface area contributed by atoms with Crippen LogP contribution in [0.15, 0.2) is 0 Å². The first kappa shape index (κ1) is 13.8. The molecule has 0 amide bonds. The lowest BCUT2D eigenvalue weighted by Gasteiger charge is -1.99. The van der Waals surface area contributed by atoms with Gasteiger partial charge in [-0.1, -0.05) is 20.8 Å². The van der Waals surface area contributed by atoms with Gasteiger partial charge in [0.1, 0.15) is 0 Å². The van der Waals surface area contributed by atoms with Crippen LogP contribution in [0.25, 0.3) is 0 Å². The van der Waals surface area contributed by atoms with E-state index in [1.165, 1.54) is 11.5 Å². The smallest absolute Gasteiger partial charge is 0.00748 e. The Kier molecular flexibility index (Phi) is 21.0. The summed E-state index contributed by atoms with van der Waals surface area (Å²) in [4.78, 5) is 0. The summed E-state index contributed by atoms with van der Waals surface area (Å²) in [7, 11) is 0. The molecule has 0 fully saturated rings. The fourth-order valence-electron chi connectivity index (χ4n) is 0.516. The van der Waals surface area contributed by atoms with Crippen molar-refractivity contribution in [2.24, 2.45) is 5.73 Å². The van der Waals surface area contributed by atoms with Crippen molar-refractivity contribution in [3.63, 3.8) is 0 Å². The Balaban J connectivity index is -0.000000249. The molecule has 3 heteroatoms. The van der Waals surface area contributed by atoms with E-state index in [0.29, 0.717) is 0 Å². The molecule has 3 N–H and O–H groups in total. The van der Waals surface area contributed by atoms with Gasteiger partial charge in [-0.3, -0.25) is 0 Å². The van der Waals surface area contributed by atoms with Crippen LogP contribution < -0.4 is 11.1 Å². The third-order valence-corrected chi connectivity index (χ3v) is 1.85. The first-order valence-electron chi connectivity index (χ1n) is 4.40. The van der Waals surface area contributed by atoms with Crippen LogP contribution in [0.5, 0.6) is 0 Å². The van der Waals surface area contributed by atoms with Crippen molar-refractivity contribution in [2.75, 3.05) is 31.1 Å². The van der Waals surface area contributed by atoms with Crippen LogP contribution in [0, 0.1) is 0 Å². The van der Waals surface area contributed by atoms with Gasteiger partial charge in [0.15, 0.2) is 0 Å². The number of rotatable bonds is 6. The van der Waals surface area contributed by atoms with Crippen LogP contribution in [0.2, 0.25) is 0 Å². The van der Waals surface area contributed by atoms with Crippen LogP contribution in [0.4, 0.5) is 0 Å². The Morgan fingerprint density at radius 1 is 1.36 bits per heavy atom. The van der Waals surface area contributed by atoms with Crippen molar-refractivity contribution in [1.29, 1.82) is 0 Å². The van der Waals surface area contributed by atoms with E-state index in [4.69, 9.17) is 5.73 Å². The van der Waals surface area contributed by atoms with E-state index < -0.39 is 0 Å². The normalized spacial score (nSPS) is 8.73. The van der Waals surface area contributed by atoms with Gasteiger partial charge in [-0.2, -0.15) is 11.8 Å². The summed E-state index contributed by atoms with van der Waals surface area (Å²) in [6, 6.07) is 0. The largest absolute Gasteiger partial charge is 0.329 e. The quantitative estimate of drug-likeness (QED) is 0.609. The average molecular weight is 180 g/mol. The summed E-state index contributed by atoms with van der Waals surface area (Å²) in [6.45, 7) is 8.96. The Morgan fingerprint density at radius 2 is 2.00 bits per heavy atom. The predicted octanol–water partition coefficient (Wildman–Crippen LogP) is 1.56. The van der Waals surface area contributed by atoms with E-state index in [0.717, 1.165) is 19.6 Å². The van der Waals surface area contributed by atoms with E-state index >= 15 is 0 Å². The van der Waals surface area contributed by atoms with Gasteiger partial charge in [0.05, 0.1) is 0 Å². The fourth-order valence-corrected chi connectivity index (χ4v) is 1.09. The summed E-state index contributed by atoms with van der Waals surface area (Å²) in [5, 5.41) is 3.22. The van der Waals surface area contributed by atoms with Gasteiger partial charge >= 0.3 is 0 Å². The minimum atomic E-state index is 0. The number of nitrogens with one attached hydrogen (secondary N) is 1. The maximum Gasteiger partial charge on any atom is 0.00748 e. The zero-order valence-electron chi connectivity index (χ0n) is 8.02. The molecule has 72 valence electrons. The Morgan fingerprint density at radius 3 is 2.45 bits per heavy atom. The summed E-state index contributed by atoms with van der Waals surface area (Å²) in [5.41, 5.74) is 5.27. The van der Waals surface area contributed by atoms with Gasteiger partial charge in [0, 0.05) is 26.8 Å². The molecule has 0 aromatic carbocycles. The molecule has 0 rings (SSSR count). The Bertz CT molecular complexity index is 50.3. The van der Waals surface area contributed by atoms with Crippen LogP contribution in [-0.4, -0.2) is 31.1 Å². The first-order valence-corrected chi connectivity index (χ1v) is 5.55. The minimum Gasteiger partial charge on any atom is -0.329 e. The molecule has 0 aliphatic heterocycles. The molecule has 0 spiro atoms. The van der Waals surface area contributed by atoms with Gasteiger partial charge in [0.2, 0.25) is 0 Å². The first-order chi connectivity index (χ1) is 5.41. The predicted molar refractivity (Wildman–Crippen MR) is 58.4 cm³/mol. The van der Waals surface area contributed by atoms with Gasteiger partial charge in [0.25, 0.3) is 0 Å². The lowest BCUT2D eigenvalue weighted by Crippen LogP contribution is -2.24. The van der Waals surface area contributed by atoms with E-state index in [1.807, 2.05) is 25.6 Å². The van der Waals surface area contributed by atoms with Crippen molar-refractivity contribution in [3.8, 4) is 0 Å². The van der Waals surface area contributed by atoms with Crippen molar-refractivity contribution < 1.29 is 1.43 Å². The standard InChI is InChI=1S/C6H16N2S.C2H6.H2/c1-2-9-6-5-8-4-3-7;1-2;/h8H,2-7H2,1H3;1-2H3;1H. The summed E-state index contributed by atoms with van der Waals surface area (Å²) >= 11 is 1.96. The van der Waals surface area contributed by atoms with E-state index in [2.05, 4.69) is 12.2 Å². The molecule has 0 aliphatic carbocycles. The van der Waals surface area contributed by atoms with Crippen LogP contribution in [0.3, 0.4) is 0 Å². The highest BCUT2D eigenvalue weighted by Crippen LogP contribution is 1.94. The molecule has 0 aromatic heterocycles. The molecular formula is C8H24N2S. The summed E-state index contributed by atoms with van der Waals surface area (Å²) in [6.07, 6.45) is 0. The second kappa shape index (κ2) is 16.7. The molecule has 0 saturated carbocycles. The topological polar surface area (TPSA) is 38.0 Å². The third kappa shape index (κ3) is 17.9. The molecule has 0 unspecified atom stereocenters. The second-order valence-electron chi connectivity index (χ2n) is 1.74. The molecular weight excluding hydrogens is 156 g/mol. The van der Waals surface area contributed by atoms with Gasteiger partial charge in [-0.05, 0) is 5.75 Å². The highest BCUT2D eigenvalue weighted by Gasteiger charge is 1.83. The molecule has 0 saturated heterocycles. The number of nitrogens with two attached hydrogens (primary N) is 1. The number of hydrogen-bond acceptors (Lipinski definition) is 3. The molecule has 0 atom stereocenters. The maximum absolute atomic E-state index is 5.27. The molecule has 0 heterocycles. The zero-order chi connectivity index (χ0) is 8.95. The summed E-state index contributed by atoms with van der Waals surface area (Å²) < 4.78 is 0. The highest BCUT2D eigenvalue weighted by molar-refractivity contribution is 7.99. The molecule has 0 aliphatic rings. The van der Waals surface area contributed by atoms with E-state index in [1.54, 1.807) is 0 Å². The number of hydrogen-bond donors (Lipinski definition) is 2. The van der Waals surface area contributed by atoms with Gasteiger partial charge in [-0.25, -0.2) is 0 Å². The molecule has 2 nitrogen and oxygen atoms in total. The van der Waals surface area contributed by atoms with Gasteiger partial charge in [-0.15, -0.1) is 0 Å². The van der Waals surface area contributed by atoms with Crippen molar-refractivity contribution >= 4 is 11.8 Å². The van der Waals surface area contributed by atoms with Crippen molar-refractivity contribution in [1.82, 2.24) is 5.32 Å². The lowest BCUT2D eigenvalue weighted by atomic mass is 10.6. The van der Waals surface area contributed by atoms with E-state index in [9.17, 15) is 0 Å². The minimum absolute atomic E-state index is 0. The Labute approximate surface area is 76.8 Å². The van der Waals surface area contributed by atoms with Crippen molar-refractivity contribution in [2.45, 2.75) is 20.8 Å². The number of thioether (sulfide) groups is 1. The SMILES string of the molecule is CC.CCSCCNCCN.[HH]. The average Bonchev–Trinajstić information content (AvgIpc) is 2.08. The second-order valence-corrected chi connectivity index (χ2v) is 3.13. The molecule has 0 radical (unpaired) electrons. The summed E-state index contributed by atoms with van der Waals surface area (Å²) in [5.74, 6) is 2.42. The lowest BCUT2D eigenvalue weighted by molar-refractivity contribution is 0.730. The molecule has 0 aromatic rings. The molecule has 11 heavy (non-hydrogen) atoms. The molecule has 0 bridgehead atoms. The monoisotopic (exact) mass is 180 g/mol.